The smallest absolute Gasteiger partial charge is 0.119 e. The summed E-state index contributed by atoms with van der Waals surface area (Å²) in [4.78, 5) is 0.417. The van der Waals surface area contributed by atoms with Gasteiger partial charge in [-0.25, -0.2) is 0 Å². The number of benzene rings is 1. The van der Waals surface area contributed by atoms with Gasteiger partial charge >= 0.3 is 0 Å². The van der Waals surface area contributed by atoms with E-state index >= 15 is 0 Å². The van der Waals surface area contributed by atoms with Gasteiger partial charge in [-0.1, -0.05) is 19.1 Å². The number of rotatable bonds is 4. The Morgan fingerprint density at radius 2 is 2.00 bits per heavy atom. The van der Waals surface area contributed by atoms with Gasteiger partial charge in [0.05, 0.1) is 6.10 Å². The van der Waals surface area contributed by atoms with Crippen molar-refractivity contribution >= 4 is 17.2 Å². The van der Waals surface area contributed by atoms with Crippen molar-refractivity contribution in [2.45, 2.75) is 26.4 Å². The fourth-order valence-corrected chi connectivity index (χ4v) is 1.15. The summed E-state index contributed by atoms with van der Waals surface area (Å²) in [6.07, 6.45) is 1.24. The maximum Gasteiger partial charge on any atom is 0.119 e. The Morgan fingerprint density at radius 1 is 1.43 bits per heavy atom. The molecule has 1 aromatic carbocycles. The molecule has 3 heteroatoms. The van der Waals surface area contributed by atoms with Crippen molar-refractivity contribution < 1.29 is 4.74 Å². The van der Waals surface area contributed by atoms with Gasteiger partial charge < -0.3 is 10.5 Å². The molecule has 1 aromatic rings. The fraction of sp³-hybridized carbons (Fsp3) is 0.364. The van der Waals surface area contributed by atoms with Crippen LogP contribution in [-0.4, -0.2) is 11.1 Å². The third kappa shape index (κ3) is 3.00. The molecule has 0 spiro atoms. The Bertz CT molecular complexity index is 308. The van der Waals surface area contributed by atoms with Gasteiger partial charge in [0.1, 0.15) is 10.7 Å². The Balaban J connectivity index is 2.68. The summed E-state index contributed by atoms with van der Waals surface area (Å²) in [5.41, 5.74) is 6.35. The highest BCUT2D eigenvalue weighted by atomic mass is 32.1. The molecular formula is C11H15NOS. The van der Waals surface area contributed by atoms with E-state index < -0.39 is 0 Å². The monoisotopic (exact) mass is 209 g/mol. The van der Waals surface area contributed by atoms with Gasteiger partial charge in [0.15, 0.2) is 0 Å². The second-order valence-electron chi connectivity index (χ2n) is 3.23. The summed E-state index contributed by atoms with van der Waals surface area (Å²) in [6.45, 7) is 4.13. The molecular weight excluding hydrogens is 194 g/mol. The highest BCUT2D eigenvalue weighted by molar-refractivity contribution is 7.80. The van der Waals surface area contributed by atoms with Crippen LogP contribution in [0.25, 0.3) is 0 Å². The lowest BCUT2D eigenvalue weighted by Gasteiger charge is -2.12. The number of ether oxygens (including phenoxy) is 1. The fourth-order valence-electron chi connectivity index (χ4n) is 1.01. The summed E-state index contributed by atoms with van der Waals surface area (Å²) in [7, 11) is 0. The maximum atomic E-state index is 5.61. The molecule has 0 aliphatic rings. The minimum absolute atomic E-state index is 0.241. The molecule has 0 aliphatic carbocycles. The van der Waals surface area contributed by atoms with Gasteiger partial charge in [0.25, 0.3) is 0 Å². The van der Waals surface area contributed by atoms with E-state index in [0.29, 0.717) is 4.99 Å². The molecule has 1 atom stereocenters. The molecule has 2 N–H and O–H groups in total. The van der Waals surface area contributed by atoms with Gasteiger partial charge in [0.2, 0.25) is 0 Å². The lowest BCUT2D eigenvalue weighted by molar-refractivity contribution is 0.217. The zero-order chi connectivity index (χ0) is 10.6. The van der Waals surface area contributed by atoms with Gasteiger partial charge in [-0.15, -0.1) is 0 Å². The van der Waals surface area contributed by atoms with Crippen molar-refractivity contribution in [2.24, 2.45) is 5.73 Å². The molecule has 0 heterocycles. The van der Waals surface area contributed by atoms with Gasteiger partial charge in [-0.2, -0.15) is 0 Å². The summed E-state index contributed by atoms with van der Waals surface area (Å²) in [5.74, 6) is 0.861. The van der Waals surface area contributed by atoms with Crippen molar-refractivity contribution in [1.29, 1.82) is 0 Å². The summed E-state index contributed by atoms with van der Waals surface area (Å²) < 4.78 is 5.61. The zero-order valence-electron chi connectivity index (χ0n) is 8.49. The molecule has 0 radical (unpaired) electrons. The maximum absolute atomic E-state index is 5.61. The highest BCUT2D eigenvalue weighted by Crippen LogP contribution is 2.14. The van der Waals surface area contributed by atoms with Crippen LogP contribution in [0.3, 0.4) is 0 Å². The summed E-state index contributed by atoms with van der Waals surface area (Å²) in [5, 5.41) is 0. The van der Waals surface area contributed by atoms with Crippen LogP contribution in [-0.2, 0) is 0 Å². The summed E-state index contributed by atoms with van der Waals surface area (Å²) in [6, 6.07) is 7.53. The van der Waals surface area contributed by atoms with E-state index in [1.807, 2.05) is 31.2 Å². The van der Waals surface area contributed by atoms with Crippen LogP contribution >= 0.6 is 12.2 Å². The number of thiocarbonyl (C=S) groups is 1. The van der Waals surface area contributed by atoms with E-state index in [4.69, 9.17) is 22.7 Å². The Hall–Kier alpha value is -1.09. The zero-order valence-corrected chi connectivity index (χ0v) is 9.30. The predicted octanol–water partition coefficient (Wildman–Crippen LogP) is 2.50. The van der Waals surface area contributed by atoms with Crippen molar-refractivity contribution in [3.8, 4) is 5.75 Å². The minimum atomic E-state index is 0.241. The van der Waals surface area contributed by atoms with Gasteiger partial charge in [-0.3, -0.25) is 0 Å². The second kappa shape index (κ2) is 4.96. The SMILES string of the molecule is CCC(C)Oc1ccc(C(N)=S)cc1. The Labute approximate surface area is 90.1 Å². The van der Waals surface area contributed by atoms with Crippen molar-refractivity contribution in [2.75, 3.05) is 0 Å². The molecule has 0 saturated heterocycles. The van der Waals surface area contributed by atoms with E-state index in [1.54, 1.807) is 0 Å². The first kappa shape index (κ1) is 11.0. The van der Waals surface area contributed by atoms with E-state index in [9.17, 15) is 0 Å². The van der Waals surface area contributed by atoms with Crippen molar-refractivity contribution in [3.05, 3.63) is 29.8 Å². The van der Waals surface area contributed by atoms with E-state index in [2.05, 4.69) is 6.92 Å². The average molecular weight is 209 g/mol. The highest BCUT2D eigenvalue weighted by Gasteiger charge is 2.01. The van der Waals surface area contributed by atoms with Crippen LogP contribution in [0.4, 0.5) is 0 Å². The van der Waals surface area contributed by atoms with Crippen LogP contribution in [0.5, 0.6) is 5.75 Å². The van der Waals surface area contributed by atoms with Crippen LogP contribution in [0.2, 0.25) is 0 Å². The number of hydrogen-bond acceptors (Lipinski definition) is 2. The molecule has 76 valence electrons. The molecule has 0 aliphatic heterocycles. The summed E-state index contributed by atoms with van der Waals surface area (Å²) >= 11 is 4.85. The molecule has 14 heavy (non-hydrogen) atoms. The first-order chi connectivity index (χ1) is 6.63. The molecule has 1 unspecified atom stereocenters. The standard InChI is InChI=1S/C11H15NOS/c1-3-8(2)13-10-6-4-9(5-7-10)11(12)14/h4-8H,3H2,1-2H3,(H2,12,14). The van der Waals surface area contributed by atoms with Crippen LogP contribution < -0.4 is 10.5 Å². The van der Waals surface area contributed by atoms with Crippen LogP contribution in [0.1, 0.15) is 25.8 Å². The lowest BCUT2D eigenvalue weighted by atomic mass is 10.2. The van der Waals surface area contributed by atoms with Gasteiger partial charge in [-0.05, 0) is 37.6 Å². The van der Waals surface area contributed by atoms with Crippen LogP contribution in [0, 0.1) is 0 Å². The quantitative estimate of drug-likeness (QED) is 0.774. The number of nitrogens with two attached hydrogens (primary N) is 1. The topological polar surface area (TPSA) is 35.2 Å². The molecule has 0 amide bonds. The third-order valence-corrected chi connectivity index (χ3v) is 2.29. The molecule has 0 bridgehead atoms. The molecule has 0 aromatic heterocycles. The normalized spacial score (nSPS) is 12.1. The van der Waals surface area contributed by atoms with E-state index in [0.717, 1.165) is 17.7 Å². The largest absolute Gasteiger partial charge is 0.491 e. The van der Waals surface area contributed by atoms with Gasteiger partial charge in [0, 0.05) is 5.56 Å². The van der Waals surface area contributed by atoms with Crippen molar-refractivity contribution in [3.63, 3.8) is 0 Å². The Kier molecular flexibility index (Phi) is 3.89. The van der Waals surface area contributed by atoms with Crippen LogP contribution in [0.15, 0.2) is 24.3 Å². The van der Waals surface area contributed by atoms with Crippen molar-refractivity contribution in [1.82, 2.24) is 0 Å². The lowest BCUT2D eigenvalue weighted by Crippen LogP contribution is -2.11. The van der Waals surface area contributed by atoms with E-state index in [1.165, 1.54) is 0 Å². The van der Waals surface area contributed by atoms with E-state index in [-0.39, 0.29) is 6.10 Å². The first-order valence-corrected chi connectivity index (χ1v) is 5.10. The Morgan fingerprint density at radius 3 is 2.43 bits per heavy atom. The molecule has 0 fully saturated rings. The molecule has 2 nitrogen and oxygen atoms in total. The first-order valence-electron chi connectivity index (χ1n) is 4.70. The molecule has 0 saturated carbocycles. The second-order valence-corrected chi connectivity index (χ2v) is 3.67. The minimum Gasteiger partial charge on any atom is -0.491 e. The predicted molar refractivity (Wildman–Crippen MR) is 62.7 cm³/mol. The third-order valence-electron chi connectivity index (χ3n) is 2.05. The molecule has 1 rings (SSSR count). The number of hydrogen-bond donors (Lipinski definition) is 1. The average Bonchev–Trinajstić information content (AvgIpc) is 2.18.